The smallest absolute Gasteiger partial charge is 0.261 e. The Kier molecular flexibility index (Phi) is 5.10. The minimum Gasteiger partial charge on any atom is -0.374 e. The van der Waals surface area contributed by atoms with Crippen molar-refractivity contribution in [1.29, 1.82) is 0 Å². The van der Waals surface area contributed by atoms with Crippen molar-refractivity contribution in [3.05, 3.63) is 0 Å². The lowest BCUT2D eigenvalue weighted by molar-refractivity contribution is -0.131. The standard InChI is InChI=1S/C13H22F2N2O2/c1-9-13(18)17(6-7-19-8-11(14)15)12(16-9)10-4-2-3-5-10/h9-12,16H,2-8H2,1H3. The highest BCUT2D eigenvalue weighted by atomic mass is 19.3. The van der Waals surface area contributed by atoms with E-state index >= 15 is 0 Å². The zero-order chi connectivity index (χ0) is 13.8. The summed E-state index contributed by atoms with van der Waals surface area (Å²) < 4.78 is 28.8. The molecule has 1 aliphatic heterocycles. The van der Waals surface area contributed by atoms with Crippen LogP contribution in [0.2, 0.25) is 0 Å². The van der Waals surface area contributed by atoms with Gasteiger partial charge in [-0.3, -0.25) is 10.1 Å². The summed E-state index contributed by atoms with van der Waals surface area (Å²) in [6, 6.07) is -0.180. The number of halogens is 2. The van der Waals surface area contributed by atoms with E-state index in [4.69, 9.17) is 4.74 Å². The van der Waals surface area contributed by atoms with Crippen molar-refractivity contribution in [3.8, 4) is 0 Å². The van der Waals surface area contributed by atoms with Gasteiger partial charge in [-0.15, -0.1) is 0 Å². The summed E-state index contributed by atoms with van der Waals surface area (Å²) in [6.07, 6.45) is 2.29. The molecule has 1 N–H and O–H groups in total. The maximum Gasteiger partial charge on any atom is 0.261 e. The molecule has 1 amide bonds. The molecule has 19 heavy (non-hydrogen) atoms. The van der Waals surface area contributed by atoms with Crippen LogP contribution < -0.4 is 5.32 Å². The average molecular weight is 276 g/mol. The molecule has 0 aromatic heterocycles. The number of carbonyl (C=O) groups is 1. The van der Waals surface area contributed by atoms with E-state index in [0.29, 0.717) is 12.5 Å². The third kappa shape index (κ3) is 3.63. The molecular formula is C13H22F2N2O2. The average Bonchev–Trinajstić information content (AvgIpc) is 2.96. The second kappa shape index (κ2) is 6.61. The molecule has 0 spiro atoms. The number of carbonyl (C=O) groups excluding carboxylic acids is 1. The van der Waals surface area contributed by atoms with Crippen LogP contribution in [0.15, 0.2) is 0 Å². The highest BCUT2D eigenvalue weighted by Gasteiger charge is 2.40. The van der Waals surface area contributed by atoms with E-state index in [1.165, 1.54) is 12.8 Å². The first-order valence-electron chi connectivity index (χ1n) is 7.02. The number of nitrogens with zero attached hydrogens (tertiary/aromatic N) is 1. The van der Waals surface area contributed by atoms with Gasteiger partial charge in [0.05, 0.1) is 18.8 Å². The van der Waals surface area contributed by atoms with Crippen molar-refractivity contribution < 1.29 is 18.3 Å². The third-order valence-electron chi connectivity index (χ3n) is 3.98. The van der Waals surface area contributed by atoms with Crippen molar-refractivity contribution in [3.63, 3.8) is 0 Å². The van der Waals surface area contributed by atoms with Crippen molar-refractivity contribution in [2.45, 2.75) is 51.2 Å². The van der Waals surface area contributed by atoms with Gasteiger partial charge < -0.3 is 9.64 Å². The van der Waals surface area contributed by atoms with E-state index in [-0.39, 0.29) is 24.7 Å². The maximum absolute atomic E-state index is 12.1. The first-order valence-corrected chi connectivity index (χ1v) is 7.02. The Labute approximate surface area is 112 Å². The maximum atomic E-state index is 12.1. The number of ether oxygens (including phenoxy) is 1. The number of rotatable bonds is 6. The fraction of sp³-hybridized carbons (Fsp3) is 0.923. The first kappa shape index (κ1) is 14.7. The minimum atomic E-state index is -2.45. The molecule has 4 nitrogen and oxygen atoms in total. The van der Waals surface area contributed by atoms with Crippen LogP contribution in [0.5, 0.6) is 0 Å². The third-order valence-corrected chi connectivity index (χ3v) is 3.98. The molecule has 2 unspecified atom stereocenters. The van der Waals surface area contributed by atoms with Crippen molar-refractivity contribution in [1.82, 2.24) is 10.2 Å². The Hall–Kier alpha value is -0.750. The van der Waals surface area contributed by atoms with Gasteiger partial charge in [-0.25, -0.2) is 8.78 Å². The van der Waals surface area contributed by atoms with Crippen LogP contribution in [0.1, 0.15) is 32.6 Å². The molecule has 1 saturated heterocycles. The Morgan fingerprint density at radius 2 is 2.11 bits per heavy atom. The summed E-state index contributed by atoms with van der Waals surface area (Å²) in [5, 5.41) is 3.32. The first-order chi connectivity index (χ1) is 9.09. The molecule has 0 radical (unpaired) electrons. The van der Waals surface area contributed by atoms with E-state index in [2.05, 4.69) is 5.32 Å². The summed E-state index contributed by atoms with van der Waals surface area (Å²) >= 11 is 0. The molecular weight excluding hydrogens is 254 g/mol. The topological polar surface area (TPSA) is 41.6 Å². The van der Waals surface area contributed by atoms with Gasteiger partial charge in [0.15, 0.2) is 0 Å². The van der Waals surface area contributed by atoms with Gasteiger partial charge in [-0.05, 0) is 25.7 Å². The monoisotopic (exact) mass is 276 g/mol. The zero-order valence-corrected chi connectivity index (χ0v) is 11.3. The lowest BCUT2D eigenvalue weighted by atomic mass is 10.0. The molecule has 2 rings (SSSR count). The lowest BCUT2D eigenvalue weighted by Crippen LogP contribution is -2.44. The number of hydrogen-bond donors (Lipinski definition) is 1. The van der Waals surface area contributed by atoms with E-state index in [1.807, 2.05) is 6.92 Å². The predicted molar refractivity (Wildman–Crippen MR) is 66.9 cm³/mol. The number of amides is 1. The SMILES string of the molecule is CC1NC(C2CCCC2)N(CCOCC(F)F)C1=O. The quantitative estimate of drug-likeness (QED) is 0.749. The second-order valence-corrected chi connectivity index (χ2v) is 5.38. The highest BCUT2D eigenvalue weighted by molar-refractivity contribution is 5.83. The molecule has 0 aromatic rings. The van der Waals surface area contributed by atoms with Crippen LogP contribution in [-0.2, 0) is 9.53 Å². The van der Waals surface area contributed by atoms with Crippen molar-refractivity contribution in [2.24, 2.45) is 5.92 Å². The zero-order valence-electron chi connectivity index (χ0n) is 11.3. The van der Waals surface area contributed by atoms with Gasteiger partial charge >= 0.3 is 0 Å². The summed E-state index contributed by atoms with van der Waals surface area (Å²) in [5.74, 6) is 0.543. The highest BCUT2D eigenvalue weighted by Crippen LogP contribution is 2.31. The van der Waals surface area contributed by atoms with Crippen molar-refractivity contribution >= 4 is 5.91 Å². The molecule has 0 aromatic carbocycles. The lowest BCUT2D eigenvalue weighted by Gasteiger charge is -2.28. The van der Waals surface area contributed by atoms with E-state index < -0.39 is 13.0 Å². The van der Waals surface area contributed by atoms with Crippen LogP contribution in [0.25, 0.3) is 0 Å². The van der Waals surface area contributed by atoms with Crippen molar-refractivity contribution in [2.75, 3.05) is 19.8 Å². The number of alkyl halides is 2. The molecule has 1 saturated carbocycles. The van der Waals surface area contributed by atoms with Gasteiger partial charge in [0.25, 0.3) is 6.43 Å². The Balaban J connectivity index is 1.85. The largest absolute Gasteiger partial charge is 0.374 e. The second-order valence-electron chi connectivity index (χ2n) is 5.38. The Bertz CT molecular complexity index is 309. The predicted octanol–water partition coefficient (Wildman–Crippen LogP) is 1.60. The molecule has 1 heterocycles. The molecule has 1 aliphatic carbocycles. The van der Waals surface area contributed by atoms with E-state index in [1.54, 1.807) is 4.90 Å². The molecule has 110 valence electrons. The van der Waals surface area contributed by atoms with Crippen LogP contribution in [0, 0.1) is 5.92 Å². The molecule has 2 aliphatic rings. The summed E-state index contributed by atoms with van der Waals surface area (Å²) in [5.41, 5.74) is 0. The van der Waals surface area contributed by atoms with Crippen LogP contribution >= 0.6 is 0 Å². The molecule has 2 fully saturated rings. The van der Waals surface area contributed by atoms with Gasteiger partial charge in [-0.2, -0.15) is 0 Å². The molecule has 0 bridgehead atoms. The Morgan fingerprint density at radius 3 is 2.74 bits per heavy atom. The summed E-state index contributed by atoms with van der Waals surface area (Å²) in [7, 11) is 0. The number of hydrogen-bond acceptors (Lipinski definition) is 3. The summed E-state index contributed by atoms with van der Waals surface area (Å²) in [4.78, 5) is 13.8. The van der Waals surface area contributed by atoms with E-state index in [9.17, 15) is 13.6 Å². The van der Waals surface area contributed by atoms with Crippen LogP contribution in [-0.4, -0.2) is 49.2 Å². The van der Waals surface area contributed by atoms with Crippen LogP contribution in [0.4, 0.5) is 8.78 Å². The van der Waals surface area contributed by atoms with Crippen LogP contribution in [0.3, 0.4) is 0 Å². The van der Waals surface area contributed by atoms with Gasteiger partial charge in [0.1, 0.15) is 6.61 Å². The van der Waals surface area contributed by atoms with E-state index in [0.717, 1.165) is 12.8 Å². The van der Waals surface area contributed by atoms with Gasteiger partial charge in [0.2, 0.25) is 5.91 Å². The Morgan fingerprint density at radius 1 is 1.42 bits per heavy atom. The normalized spacial score (nSPS) is 28.8. The van der Waals surface area contributed by atoms with Gasteiger partial charge in [-0.1, -0.05) is 12.8 Å². The fourth-order valence-corrected chi connectivity index (χ4v) is 3.05. The molecule has 2 atom stereocenters. The number of nitrogens with one attached hydrogen (secondary N) is 1. The minimum absolute atomic E-state index is 0.0533. The van der Waals surface area contributed by atoms with Gasteiger partial charge in [0, 0.05) is 6.54 Å². The molecule has 6 heteroatoms. The summed E-state index contributed by atoms with van der Waals surface area (Å²) in [6.45, 7) is 1.86. The fourth-order valence-electron chi connectivity index (χ4n) is 3.05.